The Balaban J connectivity index is 2.05. The number of methoxy groups -OCH3 is 1. The van der Waals surface area contributed by atoms with E-state index >= 15 is 0 Å². The van der Waals surface area contributed by atoms with Crippen LogP contribution in [0.3, 0.4) is 0 Å². The summed E-state index contributed by atoms with van der Waals surface area (Å²) in [4.78, 5) is 23.6. The van der Waals surface area contributed by atoms with Crippen LogP contribution in [-0.2, 0) is 14.3 Å². The van der Waals surface area contributed by atoms with Crippen molar-refractivity contribution in [1.82, 2.24) is 5.32 Å². The first-order valence-corrected chi connectivity index (χ1v) is 11.9. The standard InChI is InChI=1S/C24H27BrClNO7/c1-24(27-21(29)6-7-28)11-19(14-4-3-5-16(26)8-14)34-20(12-24)17-9-15(25)10-18(32-2)23(17)33-13-22(30)31/h3-5,8-10,19-20,28H,6-7,11-13H2,1-2H3,(H,27,29)(H,30,31)/t19-,20+,24+/m0/s1. The number of benzene rings is 2. The minimum atomic E-state index is -1.13. The summed E-state index contributed by atoms with van der Waals surface area (Å²) in [6.07, 6.45) is -0.163. The second kappa shape index (κ2) is 11.4. The number of aliphatic hydroxyl groups excluding tert-OH is 1. The van der Waals surface area contributed by atoms with Crippen LogP contribution in [0.5, 0.6) is 11.5 Å². The number of hydrogen-bond donors (Lipinski definition) is 3. The van der Waals surface area contributed by atoms with E-state index in [0.717, 1.165) is 5.56 Å². The van der Waals surface area contributed by atoms with Crippen LogP contribution in [0.1, 0.15) is 49.5 Å². The van der Waals surface area contributed by atoms with Crippen molar-refractivity contribution in [2.24, 2.45) is 0 Å². The number of carboxylic acids is 1. The van der Waals surface area contributed by atoms with Crippen molar-refractivity contribution in [1.29, 1.82) is 0 Å². The van der Waals surface area contributed by atoms with Gasteiger partial charge in [0, 0.05) is 39.9 Å². The number of carbonyl (C=O) groups is 2. The average molecular weight is 557 g/mol. The van der Waals surface area contributed by atoms with E-state index < -0.39 is 30.3 Å². The molecule has 0 saturated carbocycles. The van der Waals surface area contributed by atoms with E-state index in [1.54, 1.807) is 18.2 Å². The lowest BCUT2D eigenvalue weighted by Gasteiger charge is -2.43. The maximum absolute atomic E-state index is 12.4. The van der Waals surface area contributed by atoms with Crippen molar-refractivity contribution >= 4 is 39.4 Å². The van der Waals surface area contributed by atoms with Crippen LogP contribution in [0.25, 0.3) is 0 Å². The monoisotopic (exact) mass is 555 g/mol. The highest BCUT2D eigenvalue weighted by Gasteiger charge is 2.41. The van der Waals surface area contributed by atoms with Gasteiger partial charge in [0.1, 0.15) is 0 Å². The number of ether oxygens (including phenoxy) is 3. The predicted molar refractivity (Wildman–Crippen MR) is 129 cm³/mol. The molecule has 1 saturated heterocycles. The van der Waals surface area contributed by atoms with Crippen molar-refractivity contribution in [3.05, 3.63) is 57.0 Å². The molecular weight excluding hydrogens is 530 g/mol. The normalized spacial score (nSPS) is 22.1. The smallest absolute Gasteiger partial charge is 0.341 e. The zero-order valence-electron chi connectivity index (χ0n) is 18.8. The molecule has 0 radical (unpaired) electrons. The number of halogens is 2. The number of carboxylic acid groups (broad SMARTS) is 1. The molecule has 1 fully saturated rings. The molecule has 1 aliphatic heterocycles. The van der Waals surface area contributed by atoms with Gasteiger partial charge in [0.25, 0.3) is 0 Å². The molecule has 3 atom stereocenters. The van der Waals surface area contributed by atoms with E-state index in [2.05, 4.69) is 21.2 Å². The van der Waals surface area contributed by atoms with Gasteiger partial charge < -0.3 is 29.7 Å². The van der Waals surface area contributed by atoms with E-state index in [1.807, 2.05) is 25.1 Å². The molecule has 2 aromatic rings. The van der Waals surface area contributed by atoms with Gasteiger partial charge in [-0.25, -0.2) is 4.79 Å². The van der Waals surface area contributed by atoms with Crippen LogP contribution < -0.4 is 14.8 Å². The number of hydrogen-bond acceptors (Lipinski definition) is 6. The number of nitrogens with one attached hydrogen (secondary N) is 1. The first kappa shape index (κ1) is 26.3. The second-order valence-corrected chi connectivity index (χ2v) is 9.72. The van der Waals surface area contributed by atoms with Gasteiger partial charge in [0.05, 0.1) is 25.9 Å². The number of aliphatic carboxylic acids is 1. The number of rotatable bonds is 9. The highest BCUT2D eigenvalue weighted by Crippen LogP contribution is 2.48. The second-order valence-electron chi connectivity index (χ2n) is 8.37. The highest BCUT2D eigenvalue weighted by molar-refractivity contribution is 9.10. The zero-order valence-corrected chi connectivity index (χ0v) is 21.2. The minimum absolute atomic E-state index is 0.0133. The minimum Gasteiger partial charge on any atom is -0.493 e. The summed E-state index contributed by atoms with van der Waals surface area (Å²) >= 11 is 9.69. The Morgan fingerprint density at radius 1 is 1.26 bits per heavy atom. The first-order valence-electron chi connectivity index (χ1n) is 10.7. The molecule has 2 aromatic carbocycles. The molecule has 184 valence electrons. The van der Waals surface area contributed by atoms with Crippen molar-refractivity contribution < 1.29 is 34.0 Å². The number of amides is 1. The molecule has 3 rings (SSSR count). The number of carbonyl (C=O) groups excluding carboxylic acids is 1. The predicted octanol–water partition coefficient (Wildman–Crippen LogP) is 4.42. The molecule has 0 spiro atoms. The molecule has 10 heteroatoms. The summed E-state index contributed by atoms with van der Waals surface area (Å²) in [6.45, 7) is 1.11. The van der Waals surface area contributed by atoms with Gasteiger partial charge in [-0.05, 0) is 36.8 Å². The Hall–Kier alpha value is -2.33. The van der Waals surface area contributed by atoms with Gasteiger partial charge in [-0.15, -0.1) is 0 Å². The van der Waals surface area contributed by atoms with Gasteiger partial charge in [-0.3, -0.25) is 4.79 Å². The lowest BCUT2D eigenvalue weighted by Crippen LogP contribution is -2.51. The summed E-state index contributed by atoms with van der Waals surface area (Å²) in [6, 6.07) is 10.8. The Morgan fingerprint density at radius 2 is 2.00 bits per heavy atom. The molecule has 8 nitrogen and oxygen atoms in total. The van der Waals surface area contributed by atoms with Crippen molar-refractivity contribution in [2.45, 2.75) is 43.9 Å². The summed E-state index contributed by atoms with van der Waals surface area (Å²) in [5.74, 6) is -0.790. The molecule has 1 aliphatic rings. The highest BCUT2D eigenvalue weighted by atomic mass is 79.9. The molecule has 0 unspecified atom stereocenters. The van der Waals surface area contributed by atoms with Crippen LogP contribution in [-0.4, -0.2) is 48.0 Å². The zero-order chi connectivity index (χ0) is 24.9. The Bertz CT molecular complexity index is 1050. The third kappa shape index (κ3) is 6.63. The lowest BCUT2D eigenvalue weighted by atomic mass is 9.81. The molecule has 1 amide bonds. The largest absolute Gasteiger partial charge is 0.493 e. The summed E-state index contributed by atoms with van der Waals surface area (Å²) in [5, 5.41) is 21.9. The van der Waals surface area contributed by atoms with E-state index in [9.17, 15) is 14.7 Å². The molecule has 0 bridgehead atoms. The molecular formula is C24H27BrClNO7. The fourth-order valence-electron chi connectivity index (χ4n) is 4.15. The van der Waals surface area contributed by atoms with Gasteiger partial charge in [-0.2, -0.15) is 0 Å². The lowest BCUT2D eigenvalue weighted by molar-refractivity contribution is -0.139. The molecule has 0 aromatic heterocycles. The van der Waals surface area contributed by atoms with Gasteiger partial charge in [-0.1, -0.05) is 39.7 Å². The molecule has 3 N–H and O–H groups in total. The third-order valence-corrected chi connectivity index (χ3v) is 6.25. The van der Waals surface area contributed by atoms with Crippen LogP contribution in [0.15, 0.2) is 40.9 Å². The van der Waals surface area contributed by atoms with Crippen LogP contribution in [0.2, 0.25) is 5.02 Å². The fraction of sp³-hybridized carbons (Fsp3) is 0.417. The maximum atomic E-state index is 12.4. The summed E-state index contributed by atoms with van der Waals surface area (Å²) in [7, 11) is 1.47. The van der Waals surface area contributed by atoms with Crippen molar-refractivity contribution in [3.8, 4) is 11.5 Å². The first-order chi connectivity index (χ1) is 16.1. The maximum Gasteiger partial charge on any atom is 0.341 e. The number of aliphatic hydroxyl groups is 1. The van der Waals surface area contributed by atoms with E-state index in [-0.39, 0.29) is 24.7 Å². The Labute approximate surface area is 211 Å². The topological polar surface area (TPSA) is 114 Å². The third-order valence-electron chi connectivity index (χ3n) is 5.56. The van der Waals surface area contributed by atoms with Crippen molar-refractivity contribution in [3.63, 3.8) is 0 Å². The van der Waals surface area contributed by atoms with E-state index in [0.29, 0.717) is 33.6 Å². The Morgan fingerprint density at radius 3 is 2.65 bits per heavy atom. The SMILES string of the molecule is COc1cc(Br)cc([C@H]2C[C@](C)(NC(=O)CCO)C[C@@H](c3cccc(Cl)c3)O2)c1OCC(=O)O. The summed E-state index contributed by atoms with van der Waals surface area (Å²) in [5.41, 5.74) is 0.735. The summed E-state index contributed by atoms with van der Waals surface area (Å²) < 4.78 is 18.2. The Kier molecular flexibility index (Phi) is 8.81. The molecule has 34 heavy (non-hydrogen) atoms. The molecule has 0 aliphatic carbocycles. The average Bonchev–Trinajstić information content (AvgIpc) is 2.76. The van der Waals surface area contributed by atoms with E-state index in [1.165, 1.54) is 7.11 Å². The fourth-order valence-corrected chi connectivity index (χ4v) is 4.81. The van der Waals surface area contributed by atoms with Gasteiger partial charge >= 0.3 is 5.97 Å². The van der Waals surface area contributed by atoms with Crippen LogP contribution in [0.4, 0.5) is 0 Å². The van der Waals surface area contributed by atoms with E-state index in [4.69, 9.17) is 30.9 Å². The van der Waals surface area contributed by atoms with Gasteiger partial charge in [0.2, 0.25) is 5.91 Å². The van der Waals surface area contributed by atoms with Crippen LogP contribution in [0, 0.1) is 0 Å². The van der Waals surface area contributed by atoms with Gasteiger partial charge in [0.15, 0.2) is 18.1 Å². The molecule has 1 heterocycles. The quantitative estimate of drug-likeness (QED) is 0.419. The van der Waals surface area contributed by atoms with Crippen molar-refractivity contribution in [2.75, 3.05) is 20.3 Å². The van der Waals surface area contributed by atoms with Crippen LogP contribution >= 0.6 is 27.5 Å².